The van der Waals surface area contributed by atoms with Crippen LogP contribution in [0.1, 0.15) is 20.8 Å². The first-order valence-electron chi connectivity index (χ1n) is 4.40. The molecule has 1 rings (SSSR count). The van der Waals surface area contributed by atoms with Crippen LogP contribution in [0.5, 0.6) is 0 Å². The Kier molecular flexibility index (Phi) is 27.2. The van der Waals surface area contributed by atoms with Gasteiger partial charge in [-0.05, 0) is 43.4 Å². The van der Waals surface area contributed by atoms with Crippen LogP contribution < -0.4 is 0 Å². The number of rotatable bonds is 0. The monoisotopic (exact) mass is 274 g/mol. The van der Waals surface area contributed by atoms with Gasteiger partial charge in [-0.1, -0.05) is 20.8 Å². The zero-order valence-electron chi connectivity index (χ0n) is 10.1. The molecule has 0 spiro atoms. The maximum absolute atomic E-state index is 7.50. The van der Waals surface area contributed by atoms with E-state index in [0.717, 1.165) is 0 Å². The molecule has 1 saturated carbocycles. The molecule has 0 aromatic heterocycles. The van der Waals surface area contributed by atoms with E-state index in [4.69, 9.17) is 14.0 Å². The molecule has 0 atom stereocenters. The van der Waals surface area contributed by atoms with Gasteiger partial charge in [0.2, 0.25) is 0 Å². The maximum atomic E-state index is 7.50. The summed E-state index contributed by atoms with van der Waals surface area (Å²) in [6, 6.07) is 0. The van der Waals surface area contributed by atoms with Crippen LogP contribution in [0.25, 0.3) is 0 Å². The molecule has 3 nitrogen and oxygen atoms in total. The fourth-order valence-corrected chi connectivity index (χ4v) is 1.07. The Balaban J connectivity index is -0.000000106. The van der Waals surface area contributed by atoms with Crippen LogP contribution in [0, 0.1) is 63.4 Å². The smallest absolute Gasteiger partial charge is 0 e. The first kappa shape index (κ1) is 25.6. The Bertz CT molecular complexity index is 181. The third-order valence-corrected chi connectivity index (χ3v) is 1.86. The summed E-state index contributed by atoms with van der Waals surface area (Å²) >= 11 is 0. The van der Waals surface area contributed by atoms with E-state index >= 15 is 0 Å². The standard InChI is InChI=1S/C10H15.3CO.Mn/c1-10(2,3)9-7-5-4-6-8-9;3*1-2;/h4-9H,1-3H3;;;;. The molecule has 0 aromatic rings. The van der Waals surface area contributed by atoms with Crippen LogP contribution in [0.2, 0.25) is 0 Å². The minimum atomic E-state index is 0. The second-order valence-corrected chi connectivity index (χ2v) is 3.85. The molecular weight excluding hydrogens is 259 g/mol. The average Bonchev–Trinajstić information content (AvgIpc) is 2.37. The Morgan fingerprint density at radius 2 is 1.06 bits per heavy atom. The van der Waals surface area contributed by atoms with E-state index in [1.165, 1.54) is 0 Å². The van der Waals surface area contributed by atoms with E-state index in [-0.39, 0.29) is 17.1 Å². The molecule has 0 heterocycles. The third kappa shape index (κ3) is 15.7. The van der Waals surface area contributed by atoms with Gasteiger partial charge in [-0.15, -0.1) is 0 Å². The second kappa shape index (κ2) is 18.1. The predicted molar refractivity (Wildman–Crippen MR) is 56.2 cm³/mol. The van der Waals surface area contributed by atoms with Gasteiger partial charge in [0.05, 0.1) is 0 Å². The van der Waals surface area contributed by atoms with Gasteiger partial charge in [-0.25, -0.2) is 0 Å². The molecule has 0 N–H and O–H groups in total. The maximum Gasteiger partial charge on any atom is 0 e. The molecule has 0 aliphatic heterocycles. The molecule has 0 unspecified atom stereocenters. The van der Waals surface area contributed by atoms with Gasteiger partial charge in [0.1, 0.15) is 0 Å². The normalized spacial score (nSPS) is 13.9. The van der Waals surface area contributed by atoms with Crippen molar-refractivity contribution in [2.24, 2.45) is 11.3 Å². The third-order valence-electron chi connectivity index (χ3n) is 1.86. The zero-order chi connectivity index (χ0) is 13.6. The van der Waals surface area contributed by atoms with Gasteiger partial charge in [0, 0.05) is 17.1 Å². The van der Waals surface area contributed by atoms with Crippen LogP contribution in [-0.2, 0) is 31.0 Å². The average molecular weight is 274 g/mol. The molecule has 92 valence electrons. The predicted octanol–water partition coefficient (Wildman–Crippen LogP) is 2.57. The van der Waals surface area contributed by atoms with Crippen molar-refractivity contribution in [1.82, 2.24) is 0 Å². The molecule has 0 bridgehead atoms. The fourth-order valence-electron chi connectivity index (χ4n) is 1.07. The van der Waals surface area contributed by atoms with Crippen LogP contribution in [0.3, 0.4) is 0 Å². The van der Waals surface area contributed by atoms with E-state index in [0.29, 0.717) is 11.3 Å². The SMILES string of the molecule is CC(C)(C)C1[CH][CH][CH][CH][CH]1.[C-]#[O+].[C-]#[O+].[C-]#[O+].[Mn]. The fraction of sp³-hybridized carbons (Fsp3) is 0.385. The first-order valence-corrected chi connectivity index (χ1v) is 4.40. The minimum Gasteiger partial charge on any atom is 0 e. The molecule has 17 heavy (non-hydrogen) atoms. The van der Waals surface area contributed by atoms with Crippen LogP contribution in [0.4, 0.5) is 0 Å². The van der Waals surface area contributed by atoms with Crippen LogP contribution >= 0.6 is 0 Å². The topological polar surface area (TPSA) is 59.7 Å². The van der Waals surface area contributed by atoms with Crippen molar-refractivity contribution in [1.29, 1.82) is 0 Å². The van der Waals surface area contributed by atoms with Gasteiger partial charge in [-0.2, -0.15) is 0 Å². The molecule has 4 heteroatoms. The van der Waals surface area contributed by atoms with E-state index in [2.05, 4.69) is 72.8 Å². The van der Waals surface area contributed by atoms with Crippen molar-refractivity contribution in [3.8, 4) is 0 Å². The van der Waals surface area contributed by atoms with Gasteiger partial charge in [0.25, 0.3) is 0 Å². The van der Waals surface area contributed by atoms with E-state index in [9.17, 15) is 0 Å². The summed E-state index contributed by atoms with van der Waals surface area (Å²) in [5.41, 5.74) is 0.376. The molecule has 6 radical (unpaired) electrons. The second-order valence-electron chi connectivity index (χ2n) is 3.85. The summed E-state index contributed by atoms with van der Waals surface area (Å²) in [5, 5.41) is 0. The Morgan fingerprint density at radius 3 is 1.24 bits per heavy atom. The van der Waals surface area contributed by atoms with E-state index < -0.39 is 0 Å². The number of hydrogen-bond acceptors (Lipinski definition) is 0. The van der Waals surface area contributed by atoms with Crippen molar-refractivity contribution < 1.29 is 31.0 Å². The number of hydrogen-bond donors (Lipinski definition) is 0. The van der Waals surface area contributed by atoms with Crippen molar-refractivity contribution in [2.45, 2.75) is 20.8 Å². The van der Waals surface area contributed by atoms with Crippen molar-refractivity contribution in [3.63, 3.8) is 0 Å². The molecule has 1 aliphatic carbocycles. The summed E-state index contributed by atoms with van der Waals surface area (Å²) < 4.78 is 22.5. The van der Waals surface area contributed by atoms with Gasteiger partial charge in [-0.3, -0.25) is 0 Å². The zero-order valence-corrected chi connectivity index (χ0v) is 11.2. The molecule has 1 fully saturated rings. The first-order chi connectivity index (χ1) is 7.61. The summed E-state index contributed by atoms with van der Waals surface area (Å²) in [6.07, 6.45) is 10.8. The minimum absolute atomic E-state index is 0. The van der Waals surface area contributed by atoms with Gasteiger partial charge >= 0.3 is 33.9 Å². The van der Waals surface area contributed by atoms with Crippen molar-refractivity contribution >= 4 is 0 Å². The van der Waals surface area contributed by atoms with E-state index in [1.54, 1.807) is 0 Å². The van der Waals surface area contributed by atoms with E-state index in [1.807, 2.05) is 0 Å². The quantitative estimate of drug-likeness (QED) is 0.370. The Labute approximate surface area is 115 Å². The Morgan fingerprint density at radius 1 is 0.765 bits per heavy atom. The Hall–Kier alpha value is -0.261. The van der Waals surface area contributed by atoms with Gasteiger partial charge < -0.3 is 0 Å². The summed E-state index contributed by atoms with van der Waals surface area (Å²) in [5.74, 6) is 0.609. The molecule has 1 aliphatic rings. The summed E-state index contributed by atoms with van der Waals surface area (Å²) in [7, 11) is 0. The largest absolute Gasteiger partial charge is 0 e. The molecule has 0 aromatic carbocycles. The van der Waals surface area contributed by atoms with Crippen molar-refractivity contribution in [2.75, 3.05) is 0 Å². The molecule has 0 amide bonds. The summed E-state index contributed by atoms with van der Waals surface area (Å²) in [4.78, 5) is 0. The van der Waals surface area contributed by atoms with Crippen molar-refractivity contribution in [3.05, 3.63) is 52.1 Å². The van der Waals surface area contributed by atoms with Crippen LogP contribution in [0.15, 0.2) is 0 Å². The summed E-state index contributed by atoms with van der Waals surface area (Å²) in [6.45, 7) is 20.3. The molecular formula is C13H15MnO3. The van der Waals surface area contributed by atoms with Gasteiger partial charge in [0.15, 0.2) is 0 Å². The molecule has 0 saturated heterocycles. The van der Waals surface area contributed by atoms with Crippen LogP contribution in [-0.4, -0.2) is 0 Å².